The fourth-order valence-electron chi connectivity index (χ4n) is 3.34. The van der Waals surface area contributed by atoms with E-state index in [0.29, 0.717) is 43.4 Å². The molecule has 1 aromatic carbocycles. The van der Waals surface area contributed by atoms with Gasteiger partial charge in [-0.15, -0.1) is 0 Å². The molecule has 0 radical (unpaired) electrons. The normalized spacial score (nSPS) is 18.9. The lowest BCUT2D eigenvalue weighted by Gasteiger charge is -2.36. The molecule has 8 heteroatoms. The fraction of sp³-hybridized carbons (Fsp3) is 0.562. The number of nitrogens with zero attached hydrogens (tertiary/aromatic N) is 4. The maximum Gasteiger partial charge on any atom is 0.294 e. The van der Waals surface area contributed by atoms with Crippen LogP contribution in [0.5, 0.6) is 0 Å². The molecule has 24 heavy (non-hydrogen) atoms. The zero-order chi connectivity index (χ0) is 17.1. The third kappa shape index (κ3) is 3.79. The van der Waals surface area contributed by atoms with Crippen molar-refractivity contribution in [3.63, 3.8) is 0 Å². The molecule has 0 unspecified atom stereocenters. The predicted octanol–water partition coefficient (Wildman–Crippen LogP) is 1.99. The lowest BCUT2D eigenvalue weighted by Crippen LogP contribution is -2.51. The predicted molar refractivity (Wildman–Crippen MR) is 92.6 cm³/mol. The third-order valence-corrected chi connectivity index (χ3v) is 4.90. The van der Waals surface area contributed by atoms with Crippen LogP contribution in [0.4, 0.5) is 11.4 Å². The monoisotopic (exact) mass is 352 g/mol. The van der Waals surface area contributed by atoms with Gasteiger partial charge in [0.15, 0.2) is 0 Å². The number of carbonyl (C=O) groups is 1. The summed E-state index contributed by atoms with van der Waals surface area (Å²) in [6, 6.07) is 4.72. The van der Waals surface area contributed by atoms with Crippen molar-refractivity contribution in [1.29, 1.82) is 0 Å². The Bertz CT molecular complexity index is 626. The topological polar surface area (TPSA) is 69.9 Å². The van der Waals surface area contributed by atoms with Crippen molar-refractivity contribution in [2.24, 2.45) is 0 Å². The van der Waals surface area contributed by atoms with Gasteiger partial charge < -0.3 is 9.80 Å². The molecule has 0 saturated carbocycles. The number of rotatable bonds is 4. The van der Waals surface area contributed by atoms with E-state index in [-0.39, 0.29) is 11.6 Å². The number of benzene rings is 1. The minimum Gasteiger partial charge on any atom is -0.362 e. The molecule has 0 atom stereocenters. The number of piperazine rings is 1. The number of carbonyl (C=O) groups excluding carboxylic acids is 1. The van der Waals surface area contributed by atoms with Crippen molar-refractivity contribution in [2.45, 2.75) is 12.8 Å². The molecule has 1 aromatic rings. The number of hydrogen-bond donors (Lipinski definition) is 0. The second-order valence-electron chi connectivity index (χ2n) is 6.24. The van der Waals surface area contributed by atoms with Crippen LogP contribution in [0.1, 0.15) is 12.8 Å². The minimum absolute atomic E-state index is 0.0133. The Balaban J connectivity index is 1.60. The van der Waals surface area contributed by atoms with Gasteiger partial charge in [-0.1, -0.05) is 11.6 Å². The SMILES string of the molecule is O=C(CN1CCCC1)N1CCN(c2ccc(Cl)cc2[N+](=O)[O-])CC1. The molecule has 2 saturated heterocycles. The Morgan fingerprint density at radius 2 is 1.79 bits per heavy atom. The molecular weight excluding hydrogens is 332 g/mol. The molecule has 0 bridgehead atoms. The molecule has 0 aliphatic carbocycles. The van der Waals surface area contributed by atoms with E-state index in [1.165, 1.54) is 18.9 Å². The van der Waals surface area contributed by atoms with Gasteiger partial charge in [0, 0.05) is 37.3 Å². The highest BCUT2D eigenvalue weighted by atomic mass is 35.5. The highest BCUT2D eigenvalue weighted by Crippen LogP contribution is 2.31. The Morgan fingerprint density at radius 1 is 1.12 bits per heavy atom. The summed E-state index contributed by atoms with van der Waals surface area (Å²) in [7, 11) is 0. The maximum absolute atomic E-state index is 12.4. The maximum atomic E-state index is 12.4. The first-order chi connectivity index (χ1) is 11.5. The van der Waals surface area contributed by atoms with Gasteiger partial charge in [0.25, 0.3) is 5.69 Å². The molecule has 130 valence electrons. The van der Waals surface area contributed by atoms with Gasteiger partial charge >= 0.3 is 0 Å². The number of anilines is 1. The van der Waals surface area contributed by atoms with Gasteiger partial charge in [-0.2, -0.15) is 0 Å². The molecule has 7 nitrogen and oxygen atoms in total. The summed E-state index contributed by atoms with van der Waals surface area (Å²) in [5.41, 5.74) is 0.579. The van der Waals surface area contributed by atoms with Crippen LogP contribution >= 0.6 is 11.6 Å². The zero-order valence-corrected chi connectivity index (χ0v) is 14.2. The number of likely N-dealkylation sites (tertiary alicyclic amines) is 1. The van der Waals surface area contributed by atoms with Crippen LogP contribution < -0.4 is 4.90 Å². The summed E-state index contributed by atoms with van der Waals surface area (Å²) in [5.74, 6) is 0.155. The third-order valence-electron chi connectivity index (χ3n) is 4.66. The van der Waals surface area contributed by atoms with Crippen LogP contribution in [-0.4, -0.2) is 66.4 Å². The van der Waals surface area contributed by atoms with Crippen LogP contribution in [-0.2, 0) is 4.79 Å². The van der Waals surface area contributed by atoms with Crippen LogP contribution in [0.3, 0.4) is 0 Å². The van der Waals surface area contributed by atoms with Gasteiger partial charge in [0.1, 0.15) is 5.69 Å². The van der Waals surface area contributed by atoms with Crippen molar-refractivity contribution < 1.29 is 9.72 Å². The first-order valence-electron chi connectivity index (χ1n) is 8.23. The van der Waals surface area contributed by atoms with Crippen LogP contribution in [0.25, 0.3) is 0 Å². The van der Waals surface area contributed by atoms with E-state index in [1.807, 2.05) is 9.80 Å². The number of hydrogen-bond acceptors (Lipinski definition) is 5. The Hall–Kier alpha value is -1.86. The van der Waals surface area contributed by atoms with Crippen molar-refractivity contribution >= 4 is 28.9 Å². The first-order valence-corrected chi connectivity index (χ1v) is 8.61. The van der Waals surface area contributed by atoms with E-state index in [2.05, 4.69) is 4.90 Å². The Morgan fingerprint density at radius 3 is 2.42 bits per heavy atom. The van der Waals surface area contributed by atoms with Crippen molar-refractivity contribution in [2.75, 3.05) is 50.7 Å². The lowest BCUT2D eigenvalue weighted by atomic mass is 10.2. The Labute approximate surface area is 145 Å². The molecule has 0 aromatic heterocycles. The summed E-state index contributed by atoms with van der Waals surface area (Å²) in [4.78, 5) is 29.2. The van der Waals surface area contributed by atoms with Crippen LogP contribution in [0.2, 0.25) is 5.02 Å². The number of nitro groups is 1. The molecule has 0 N–H and O–H groups in total. The van der Waals surface area contributed by atoms with E-state index < -0.39 is 4.92 Å². The molecule has 2 aliphatic heterocycles. The van der Waals surface area contributed by atoms with Gasteiger partial charge in [-0.05, 0) is 38.1 Å². The van der Waals surface area contributed by atoms with E-state index in [0.717, 1.165) is 13.1 Å². The standard InChI is InChI=1S/C16H21ClN4O3/c17-13-3-4-14(15(11-13)21(23)24)19-7-9-20(10-8-19)16(22)12-18-5-1-2-6-18/h3-4,11H,1-2,5-10,12H2. The van der Waals surface area contributed by atoms with Crippen molar-refractivity contribution in [3.8, 4) is 0 Å². The average Bonchev–Trinajstić information content (AvgIpc) is 3.08. The Kier molecular flexibility index (Phi) is 5.20. The summed E-state index contributed by atoms with van der Waals surface area (Å²) < 4.78 is 0. The van der Waals surface area contributed by atoms with Crippen molar-refractivity contribution in [3.05, 3.63) is 33.3 Å². The largest absolute Gasteiger partial charge is 0.362 e. The second-order valence-corrected chi connectivity index (χ2v) is 6.68. The zero-order valence-electron chi connectivity index (χ0n) is 13.5. The molecule has 3 rings (SSSR count). The van der Waals surface area contributed by atoms with Gasteiger partial charge in [0.2, 0.25) is 5.91 Å². The highest BCUT2D eigenvalue weighted by Gasteiger charge is 2.27. The molecule has 2 heterocycles. The molecular formula is C16H21ClN4O3. The number of halogens is 1. The van der Waals surface area contributed by atoms with Gasteiger partial charge in [-0.3, -0.25) is 19.8 Å². The van der Waals surface area contributed by atoms with E-state index in [1.54, 1.807) is 12.1 Å². The van der Waals surface area contributed by atoms with E-state index >= 15 is 0 Å². The van der Waals surface area contributed by atoms with E-state index in [4.69, 9.17) is 11.6 Å². The molecule has 2 fully saturated rings. The summed E-state index contributed by atoms with van der Waals surface area (Å²) in [6.45, 7) is 4.85. The quantitative estimate of drug-likeness (QED) is 0.612. The summed E-state index contributed by atoms with van der Waals surface area (Å²) in [6.07, 6.45) is 2.34. The van der Waals surface area contributed by atoms with Crippen LogP contribution in [0, 0.1) is 10.1 Å². The summed E-state index contributed by atoms with van der Waals surface area (Å²) in [5, 5.41) is 11.6. The smallest absolute Gasteiger partial charge is 0.294 e. The lowest BCUT2D eigenvalue weighted by molar-refractivity contribution is -0.384. The number of amides is 1. The average molecular weight is 353 g/mol. The first kappa shape index (κ1) is 17.0. The minimum atomic E-state index is -0.411. The molecule has 0 spiro atoms. The van der Waals surface area contributed by atoms with Crippen LogP contribution in [0.15, 0.2) is 18.2 Å². The van der Waals surface area contributed by atoms with Gasteiger partial charge in [0.05, 0.1) is 11.5 Å². The van der Waals surface area contributed by atoms with Crippen molar-refractivity contribution in [1.82, 2.24) is 9.80 Å². The highest BCUT2D eigenvalue weighted by molar-refractivity contribution is 6.30. The molecule has 1 amide bonds. The summed E-state index contributed by atoms with van der Waals surface area (Å²) >= 11 is 5.87. The van der Waals surface area contributed by atoms with E-state index in [9.17, 15) is 14.9 Å². The second kappa shape index (κ2) is 7.36. The fourth-order valence-corrected chi connectivity index (χ4v) is 3.51. The number of nitro benzene ring substituents is 1. The van der Waals surface area contributed by atoms with Gasteiger partial charge in [-0.25, -0.2) is 0 Å². The molecule has 2 aliphatic rings.